The number of ether oxygens (including phenoxy) is 1. The summed E-state index contributed by atoms with van der Waals surface area (Å²) in [4.78, 5) is 21.2. The third-order valence-electron chi connectivity index (χ3n) is 6.09. The minimum Gasteiger partial charge on any atom is -0.444 e. The molecule has 32 heavy (non-hydrogen) atoms. The molecule has 1 aliphatic heterocycles. The van der Waals surface area contributed by atoms with Gasteiger partial charge < -0.3 is 19.9 Å². The van der Waals surface area contributed by atoms with Crippen LogP contribution in [0.1, 0.15) is 71.3 Å². The molecule has 0 radical (unpaired) electrons. The third-order valence-corrected chi connectivity index (χ3v) is 6.09. The number of carbonyl (C=O) groups excluding carboxylic acids is 1. The van der Waals surface area contributed by atoms with E-state index in [0.717, 1.165) is 63.5 Å². The number of aliphatic imine (C=N–C) groups is 1. The first-order valence-electron chi connectivity index (χ1n) is 12.1. The number of hydrogen-bond acceptors (Lipinski definition) is 4. The van der Waals surface area contributed by atoms with E-state index in [1.807, 2.05) is 51.4 Å². The molecule has 0 bridgehead atoms. The summed E-state index contributed by atoms with van der Waals surface area (Å²) < 4.78 is 7.57. The molecule has 1 amide bonds. The molecule has 0 saturated carbocycles. The second-order valence-corrected chi connectivity index (χ2v) is 9.55. The van der Waals surface area contributed by atoms with Gasteiger partial charge >= 0.3 is 6.09 Å². The zero-order valence-electron chi connectivity index (χ0n) is 21.5. The van der Waals surface area contributed by atoms with Gasteiger partial charge in [0.1, 0.15) is 5.60 Å². The van der Waals surface area contributed by atoms with Gasteiger partial charge in [-0.3, -0.25) is 9.67 Å². The summed E-state index contributed by atoms with van der Waals surface area (Å²) in [5, 5.41) is 8.25. The van der Waals surface area contributed by atoms with Crippen molar-refractivity contribution in [2.45, 2.75) is 79.4 Å². The minimum atomic E-state index is -0.463. The number of piperidine rings is 1. The van der Waals surface area contributed by atoms with E-state index in [0.29, 0.717) is 12.5 Å². The van der Waals surface area contributed by atoms with Crippen molar-refractivity contribution >= 4 is 12.1 Å². The van der Waals surface area contributed by atoms with Crippen molar-refractivity contribution < 1.29 is 9.53 Å². The molecule has 0 spiro atoms. The number of aromatic nitrogens is 2. The number of amides is 1. The molecule has 8 heteroatoms. The van der Waals surface area contributed by atoms with Gasteiger partial charge in [0.15, 0.2) is 5.96 Å². The standard InChI is InChI=1S/C24H44N6O2/c1-9-20-19(21(10-2)28(8)27-20)16-26-22(25-7)30-14-12-18(13-15-30)17-29(11-3)23(31)32-24(4,5)6/h18H,9-17H2,1-8H3,(H,25,26). The lowest BCUT2D eigenvalue weighted by Crippen LogP contribution is -2.47. The van der Waals surface area contributed by atoms with Gasteiger partial charge in [0.2, 0.25) is 0 Å². The first-order chi connectivity index (χ1) is 15.1. The molecular formula is C24H44N6O2. The molecule has 1 saturated heterocycles. The summed E-state index contributed by atoms with van der Waals surface area (Å²) in [6.07, 6.45) is 3.76. The second kappa shape index (κ2) is 11.6. The lowest BCUT2D eigenvalue weighted by Gasteiger charge is -2.36. The summed E-state index contributed by atoms with van der Waals surface area (Å²) >= 11 is 0. The maximum Gasteiger partial charge on any atom is 0.410 e. The fourth-order valence-electron chi connectivity index (χ4n) is 4.39. The van der Waals surface area contributed by atoms with E-state index < -0.39 is 5.60 Å². The van der Waals surface area contributed by atoms with Crippen molar-refractivity contribution in [3.8, 4) is 0 Å². The molecule has 1 aromatic rings. The molecule has 2 heterocycles. The molecule has 0 atom stereocenters. The molecule has 1 N–H and O–H groups in total. The lowest BCUT2D eigenvalue weighted by atomic mass is 9.96. The second-order valence-electron chi connectivity index (χ2n) is 9.55. The van der Waals surface area contributed by atoms with Crippen molar-refractivity contribution in [2.24, 2.45) is 18.0 Å². The van der Waals surface area contributed by atoms with Gasteiger partial charge in [0.25, 0.3) is 0 Å². The highest BCUT2D eigenvalue weighted by Gasteiger charge is 2.27. The van der Waals surface area contributed by atoms with Crippen LogP contribution in [-0.4, -0.2) is 70.5 Å². The van der Waals surface area contributed by atoms with Crippen LogP contribution in [0.15, 0.2) is 4.99 Å². The average molecular weight is 449 g/mol. The zero-order chi connectivity index (χ0) is 23.9. The zero-order valence-corrected chi connectivity index (χ0v) is 21.5. The highest BCUT2D eigenvalue weighted by atomic mass is 16.6. The Morgan fingerprint density at radius 1 is 1.22 bits per heavy atom. The van der Waals surface area contributed by atoms with E-state index >= 15 is 0 Å². The van der Waals surface area contributed by atoms with E-state index in [1.54, 1.807) is 0 Å². The van der Waals surface area contributed by atoms with Crippen LogP contribution in [0.25, 0.3) is 0 Å². The lowest BCUT2D eigenvalue weighted by molar-refractivity contribution is 0.0214. The Bertz CT molecular complexity index is 772. The van der Waals surface area contributed by atoms with Crippen molar-refractivity contribution in [3.05, 3.63) is 17.0 Å². The quantitative estimate of drug-likeness (QED) is 0.510. The number of aryl methyl sites for hydroxylation is 2. The van der Waals surface area contributed by atoms with Crippen molar-refractivity contribution in [1.29, 1.82) is 0 Å². The predicted molar refractivity (Wildman–Crippen MR) is 130 cm³/mol. The van der Waals surface area contributed by atoms with E-state index in [1.165, 1.54) is 11.3 Å². The summed E-state index contributed by atoms with van der Waals surface area (Å²) in [5.41, 5.74) is 3.28. The summed E-state index contributed by atoms with van der Waals surface area (Å²) in [7, 11) is 3.87. The Kier molecular flexibility index (Phi) is 9.40. The van der Waals surface area contributed by atoms with Gasteiger partial charge in [-0.2, -0.15) is 5.10 Å². The molecule has 182 valence electrons. The Balaban J connectivity index is 1.91. The highest BCUT2D eigenvalue weighted by Crippen LogP contribution is 2.21. The van der Waals surface area contributed by atoms with Gasteiger partial charge in [-0.05, 0) is 59.3 Å². The van der Waals surface area contributed by atoms with Gasteiger partial charge in [-0.1, -0.05) is 13.8 Å². The predicted octanol–water partition coefficient (Wildman–Crippen LogP) is 3.59. The molecule has 0 unspecified atom stereocenters. The Morgan fingerprint density at radius 2 is 1.88 bits per heavy atom. The Hall–Kier alpha value is -2.25. The normalized spacial score (nSPS) is 15.8. The number of nitrogens with zero attached hydrogens (tertiary/aromatic N) is 5. The van der Waals surface area contributed by atoms with Crippen LogP contribution in [0.2, 0.25) is 0 Å². The van der Waals surface area contributed by atoms with Crippen LogP contribution in [0, 0.1) is 5.92 Å². The van der Waals surface area contributed by atoms with Crippen molar-refractivity contribution in [1.82, 2.24) is 24.9 Å². The topological polar surface area (TPSA) is 75.0 Å². The van der Waals surface area contributed by atoms with Gasteiger partial charge in [-0.25, -0.2) is 4.79 Å². The number of guanidine groups is 1. The van der Waals surface area contributed by atoms with Gasteiger partial charge in [0.05, 0.1) is 5.69 Å². The monoisotopic (exact) mass is 448 g/mol. The number of likely N-dealkylation sites (tertiary alicyclic amines) is 1. The van der Waals surface area contributed by atoms with Crippen LogP contribution in [0.5, 0.6) is 0 Å². The summed E-state index contributed by atoms with van der Waals surface area (Å²) in [6.45, 7) is 16.1. The van der Waals surface area contributed by atoms with E-state index in [-0.39, 0.29) is 6.09 Å². The third kappa shape index (κ3) is 6.87. The maximum absolute atomic E-state index is 12.5. The van der Waals surface area contributed by atoms with Crippen LogP contribution in [-0.2, 0) is 31.2 Å². The fourth-order valence-corrected chi connectivity index (χ4v) is 4.39. The van der Waals surface area contributed by atoms with Crippen LogP contribution in [0.4, 0.5) is 4.79 Å². The van der Waals surface area contributed by atoms with Crippen molar-refractivity contribution in [3.63, 3.8) is 0 Å². The molecule has 1 fully saturated rings. The van der Waals surface area contributed by atoms with Crippen molar-refractivity contribution in [2.75, 3.05) is 33.2 Å². The van der Waals surface area contributed by atoms with Crippen LogP contribution < -0.4 is 5.32 Å². The number of rotatable bonds is 7. The number of carbonyl (C=O) groups is 1. The van der Waals surface area contributed by atoms with Crippen LogP contribution >= 0.6 is 0 Å². The first kappa shape index (κ1) is 26.0. The largest absolute Gasteiger partial charge is 0.444 e. The SMILES string of the molecule is CCc1nn(C)c(CC)c1CNC(=NC)N1CCC(CN(CC)C(=O)OC(C)(C)C)CC1. The minimum absolute atomic E-state index is 0.213. The molecule has 2 rings (SSSR count). The first-order valence-corrected chi connectivity index (χ1v) is 12.1. The molecule has 0 aliphatic carbocycles. The molecule has 0 aromatic carbocycles. The average Bonchev–Trinajstić information content (AvgIpc) is 3.06. The summed E-state index contributed by atoms with van der Waals surface area (Å²) in [5.74, 6) is 1.42. The number of hydrogen-bond donors (Lipinski definition) is 1. The van der Waals surface area contributed by atoms with Gasteiger partial charge in [-0.15, -0.1) is 0 Å². The molecule has 8 nitrogen and oxygen atoms in total. The fraction of sp³-hybridized carbons (Fsp3) is 0.792. The molecule has 1 aromatic heterocycles. The number of nitrogens with one attached hydrogen (secondary N) is 1. The smallest absolute Gasteiger partial charge is 0.410 e. The Labute approximate surface area is 194 Å². The Morgan fingerprint density at radius 3 is 2.38 bits per heavy atom. The summed E-state index contributed by atoms with van der Waals surface area (Å²) in [6, 6.07) is 0. The van der Waals surface area contributed by atoms with Crippen LogP contribution in [0.3, 0.4) is 0 Å². The molecular weight excluding hydrogens is 404 g/mol. The van der Waals surface area contributed by atoms with Gasteiger partial charge in [0, 0.05) is 58.1 Å². The highest BCUT2D eigenvalue weighted by molar-refractivity contribution is 5.80. The van der Waals surface area contributed by atoms with E-state index in [9.17, 15) is 4.79 Å². The molecule has 1 aliphatic rings. The van der Waals surface area contributed by atoms with E-state index in [2.05, 4.69) is 34.2 Å². The maximum atomic E-state index is 12.5. The van der Waals surface area contributed by atoms with E-state index in [4.69, 9.17) is 4.74 Å².